The van der Waals surface area contributed by atoms with E-state index in [4.69, 9.17) is 0 Å². The summed E-state index contributed by atoms with van der Waals surface area (Å²) in [5.74, 6) is 0. The van der Waals surface area contributed by atoms with Crippen molar-refractivity contribution in [3.8, 4) is 0 Å². The van der Waals surface area contributed by atoms with Gasteiger partial charge < -0.3 is 5.32 Å². The molecule has 12 heavy (non-hydrogen) atoms. The standard InChI is InChI=1S/C10H18N2/c1-2-11-9-7-12(8-9)10-5-3-4-6-10/h2,9-11H,1,3-8H2. The Balaban J connectivity index is 1.69. The van der Waals surface area contributed by atoms with Crippen molar-refractivity contribution in [3.63, 3.8) is 0 Å². The fourth-order valence-electron chi connectivity index (χ4n) is 2.35. The van der Waals surface area contributed by atoms with Crippen molar-refractivity contribution in [2.45, 2.75) is 37.8 Å². The third-order valence-electron chi connectivity index (χ3n) is 3.10. The molecule has 0 aromatic rings. The van der Waals surface area contributed by atoms with Crippen molar-refractivity contribution in [1.82, 2.24) is 10.2 Å². The van der Waals surface area contributed by atoms with Crippen LogP contribution in [0, 0.1) is 0 Å². The van der Waals surface area contributed by atoms with E-state index < -0.39 is 0 Å². The first-order valence-corrected chi connectivity index (χ1v) is 5.01. The molecule has 2 heteroatoms. The Labute approximate surface area is 74.6 Å². The molecule has 1 saturated carbocycles. The van der Waals surface area contributed by atoms with Crippen LogP contribution in [0.2, 0.25) is 0 Å². The lowest BCUT2D eigenvalue weighted by molar-refractivity contribution is 0.0852. The maximum absolute atomic E-state index is 3.68. The molecule has 1 heterocycles. The fourth-order valence-corrected chi connectivity index (χ4v) is 2.35. The van der Waals surface area contributed by atoms with Crippen molar-refractivity contribution in [1.29, 1.82) is 0 Å². The topological polar surface area (TPSA) is 15.3 Å². The van der Waals surface area contributed by atoms with Crippen molar-refractivity contribution in [2.75, 3.05) is 13.1 Å². The van der Waals surface area contributed by atoms with Crippen LogP contribution >= 0.6 is 0 Å². The molecule has 1 N–H and O–H groups in total. The van der Waals surface area contributed by atoms with Gasteiger partial charge >= 0.3 is 0 Å². The Hall–Kier alpha value is -0.500. The van der Waals surface area contributed by atoms with E-state index in [2.05, 4.69) is 16.8 Å². The van der Waals surface area contributed by atoms with Crippen LogP contribution in [0.1, 0.15) is 25.7 Å². The molecule has 1 saturated heterocycles. The smallest absolute Gasteiger partial charge is 0.0510 e. The second-order valence-corrected chi connectivity index (χ2v) is 3.96. The van der Waals surface area contributed by atoms with Gasteiger partial charge in [0.25, 0.3) is 0 Å². The van der Waals surface area contributed by atoms with Crippen molar-refractivity contribution < 1.29 is 0 Å². The van der Waals surface area contributed by atoms with E-state index >= 15 is 0 Å². The molecule has 2 rings (SSSR count). The molecule has 1 aliphatic heterocycles. The minimum atomic E-state index is 0.683. The van der Waals surface area contributed by atoms with Crippen LogP contribution in [0.15, 0.2) is 12.8 Å². The van der Waals surface area contributed by atoms with E-state index in [-0.39, 0.29) is 0 Å². The van der Waals surface area contributed by atoms with Gasteiger partial charge in [-0.3, -0.25) is 4.90 Å². The molecule has 2 aliphatic rings. The molecule has 1 aliphatic carbocycles. The second-order valence-electron chi connectivity index (χ2n) is 3.96. The van der Waals surface area contributed by atoms with Crippen LogP contribution in [-0.2, 0) is 0 Å². The summed E-state index contributed by atoms with van der Waals surface area (Å²) in [6, 6.07) is 1.59. The molecule has 0 bridgehead atoms. The lowest BCUT2D eigenvalue weighted by atomic mass is 10.0. The van der Waals surface area contributed by atoms with E-state index in [0.29, 0.717) is 6.04 Å². The normalized spacial score (nSPS) is 27.0. The molecule has 0 spiro atoms. The zero-order chi connectivity index (χ0) is 8.39. The molecule has 2 fully saturated rings. The predicted octanol–water partition coefficient (Wildman–Crippen LogP) is 1.35. The van der Waals surface area contributed by atoms with Gasteiger partial charge in [0.05, 0.1) is 6.04 Å². The molecular formula is C10H18N2. The molecule has 0 radical (unpaired) electrons. The maximum Gasteiger partial charge on any atom is 0.0510 e. The SMILES string of the molecule is C=CNC1CN(C2CCCC2)C1. The van der Waals surface area contributed by atoms with Gasteiger partial charge in [-0.15, -0.1) is 0 Å². The summed E-state index contributed by atoms with van der Waals surface area (Å²) in [5.41, 5.74) is 0. The third kappa shape index (κ3) is 1.48. The van der Waals surface area contributed by atoms with Gasteiger partial charge in [0.15, 0.2) is 0 Å². The van der Waals surface area contributed by atoms with Crippen LogP contribution in [0.25, 0.3) is 0 Å². The fraction of sp³-hybridized carbons (Fsp3) is 0.800. The lowest BCUT2D eigenvalue weighted by Crippen LogP contribution is -2.59. The number of hydrogen-bond acceptors (Lipinski definition) is 2. The second kappa shape index (κ2) is 3.48. The number of hydrogen-bond donors (Lipinski definition) is 1. The minimum absolute atomic E-state index is 0.683. The van der Waals surface area contributed by atoms with Gasteiger partial charge in [0.1, 0.15) is 0 Å². The predicted molar refractivity (Wildman–Crippen MR) is 50.9 cm³/mol. The summed E-state index contributed by atoms with van der Waals surface area (Å²) in [4.78, 5) is 2.61. The van der Waals surface area contributed by atoms with Gasteiger partial charge in [-0.05, 0) is 19.0 Å². The Morgan fingerprint density at radius 2 is 1.92 bits per heavy atom. The zero-order valence-corrected chi connectivity index (χ0v) is 7.63. The summed E-state index contributed by atoms with van der Waals surface area (Å²) in [5, 5.41) is 3.26. The summed E-state index contributed by atoms with van der Waals surface area (Å²) in [7, 11) is 0. The van der Waals surface area contributed by atoms with Gasteiger partial charge in [-0.25, -0.2) is 0 Å². The van der Waals surface area contributed by atoms with E-state index in [0.717, 1.165) is 6.04 Å². The van der Waals surface area contributed by atoms with E-state index in [9.17, 15) is 0 Å². The number of nitrogens with zero attached hydrogens (tertiary/aromatic N) is 1. The average molecular weight is 166 g/mol. The average Bonchev–Trinajstić information content (AvgIpc) is 2.47. The molecule has 0 unspecified atom stereocenters. The van der Waals surface area contributed by atoms with Crippen LogP contribution in [0.5, 0.6) is 0 Å². The number of nitrogens with one attached hydrogen (secondary N) is 1. The van der Waals surface area contributed by atoms with Gasteiger partial charge in [-0.1, -0.05) is 19.4 Å². The first kappa shape index (κ1) is 8.11. The Bertz CT molecular complexity index is 155. The molecule has 0 aromatic heterocycles. The highest BCUT2D eigenvalue weighted by Crippen LogP contribution is 2.26. The Kier molecular flexibility index (Phi) is 2.35. The zero-order valence-electron chi connectivity index (χ0n) is 7.63. The summed E-state index contributed by atoms with van der Waals surface area (Å²) in [6.45, 7) is 6.14. The number of likely N-dealkylation sites (tertiary alicyclic amines) is 1. The van der Waals surface area contributed by atoms with Gasteiger partial charge in [0.2, 0.25) is 0 Å². The molecule has 68 valence electrons. The first-order valence-electron chi connectivity index (χ1n) is 5.01. The molecular weight excluding hydrogens is 148 g/mol. The molecule has 2 nitrogen and oxygen atoms in total. The largest absolute Gasteiger partial charge is 0.386 e. The lowest BCUT2D eigenvalue weighted by Gasteiger charge is -2.43. The van der Waals surface area contributed by atoms with Gasteiger partial charge in [0, 0.05) is 19.1 Å². The highest BCUT2D eigenvalue weighted by Gasteiger charge is 2.32. The van der Waals surface area contributed by atoms with Crippen molar-refractivity contribution >= 4 is 0 Å². The quantitative estimate of drug-likeness (QED) is 0.680. The van der Waals surface area contributed by atoms with Crippen LogP contribution in [0.3, 0.4) is 0 Å². The Morgan fingerprint density at radius 1 is 1.25 bits per heavy atom. The van der Waals surface area contributed by atoms with Crippen molar-refractivity contribution in [2.24, 2.45) is 0 Å². The molecule has 0 amide bonds. The van der Waals surface area contributed by atoms with E-state index in [1.54, 1.807) is 0 Å². The molecule has 0 atom stereocenters. The number of rotatable bonds is 3. The molecule has 0 aromatic carbocycles. The van der Waals surface area contributed by atoms with Crippen molar-refractivity contribution in [3.05, 3.63) is 12.8 Å². The van der Waals surface area contributed by atoms with Gasteiger partial charge in [-0.2, -0.15) is 0 Å². The van der Waals surface area contributed by atoms with Crippen LogP contribution < -0.4 is 5.32 Å². The summed E-state index contributed by atoms with van der Waals surface area (Å²) < 4.78 is 0. The summed E-state index contributed by atoms with van der Waals surface area (Å²) in [6.07, 6.45) is 7.57. The van der Waals surface area contributed by atoms with Crippen LogP contribution in [-0.4, -0.2) is 30.1 Å². The Morgan fingerprint density at radius 3 is 2.50 bits per heavy atom. The highest BCUT2D eigenvalue weighted by molar-refractivity contribution is 4.93. The monoisotopic (exact) mass is 166 g/mol. The minimum Gasteiger partial charge on any atom is -0.386 e. The van der Waals surface area contributed by atoms with E-state index in [1.807, 2.05) is 6.20 Å². The third-order valence-corrected chi connectivity index (χ3v) is 3.10. The van der Waals surface area contributed by atoms with E-state index in [1.165, 1.54) is 38.8 Å². The maximum atomic E-state index is 3.68. The van der Waals surface area contributed by atoms with Crippen LogP contribution in [0.4, 0.5) is 0 Å². The first-order chi connectivity index (χ1) is 5.90. The summed E-state index contributed by atoms with van der Waals surface area (Å²) >= 11 is 0. The highest BCUT2D eigenvalue weighted by atomic mass is 15.3.